The Hall–Kier alpha value is -1.29. The van der Waals surface area contributed by atoms with Gasteiger partial charge in [-0.3, -0.25) is 0 Å². The van der Waals surface area contributed by atoms with Crippen LogP contribution in [0.4, 0.5) is 5.82 Å². The molecule has 0 saturated carbocycles. The second-order valence-electron chi connectivity index (χ2n) is 3.10. The Balaban J connectivity index is 2.15. The van der Waals surface area contributed by atoms with Gasteiger partial charge < -0.3 is 10.3 Å². The lowest BCUT2D eigenvalue weighted by Crippen LogP contribution is -1.95. The van der Waals surface area contributed by atoms with E-state index in [2.05, 4.69) is 33.0 Å². The Kier molecular flexibility index (Phi) is 2.54. The highest BCUT2D eigenvalue weighted by Gasteiger charge is 1.96. The molecule has 0 spiro atoms. The third kappa shape index (κ3) is 2.14. The Morgan fingerprint density at radius 3 is 2.57 bits per heavy atom. The highest BCUT2D eigenvalue weighted by molar-refractivity contribution is 9.10. The number of rotatable bonds is 2. The van der Waals surface area contributed by atoms with Gasteiger partial charge in [0.1, 0.15) is 5.82 Å². The monoisotopic (exact) mass is 251 g/mol. The van der Waals surface area contributed by atoms with E-state index >= 15 is 0 Å². The Labute approximate surface area is 90.7 Å². The van der Waals surface area contributed by atoms with Gasteiger partial charge in [0.15, 0.2) is 0 Å². The maximum atomic E-state index is 5.52. The van der Waals surface area contributed by atoms with Crippen LogP contribution in [0.1, 0.15) is 5.56 Å². The molecule has 0 fully saturated rings. The number of benzene rings is 1. The van der Waals surface area contributed by atoms with Crippen molar-refractivity contribution in [2.45, 2.75) is 6.54 Å². The van der Waals surface area contributed by atoms with Crippen molar-refractivity contribution in [1.29, 1.82) is 0 Å². The van der Waals surface area contributed by atoms with Crippen molar-refractivity contribution in [2.24, 2.45) is 0 Å². The fourth-order valence-electron chi connectivity index (χ4n) is 1.26. The van der Waals surface area contributed by atoms with E-state index in [-0.39, 0.29) is 0 Å². The average molecular weight is 252 g/mol. The van der Waals surface area contributed by atoms with Gasteiger partial charge in [-0.15, -0.1) is 0 Å². The number of imidazole rings is 1. The van der Waals surface area contributed by atoms with E-state index in [1.165, 1.54) is 5.56 Å². The molecule has 72 valence electrons. The van der Waals surface area contributed by atoms with Gasteiger partial charge in [-0.1, -0.05) is 28.1 Å². The molecule has 1 aromatic carbocycles. The molecular formula is C10H10BrN3. The van der Waals surface area contributed by atoms with Crippen LogP contribution in [-0.4, -0.2) is 9.55 Å². The lowest BCUT2D eigenvalue weighted by molar-refractivity contribution is 0.797. The van der Waals surface area contributed by atoms with Crippen LogP contribution in [0, 0.1) is 0 Å². The van der Waals surface area contributed by atoms with Crippen molar-refractivity contribution in [1.82, 2.24) is 9.55 Å². The summed E-state index contributed by atoms with van der Waals surface area (Å²) >= 11 is 3.40. The highest BCUT2D eigenvalue weighted by Crippen LogP contribution is 2.11. The van der Waals surface area contributed by atoms with Crippen LogP contribution in [0.15, 0.2) is 41.3 Å². The number of nitrogen functional groups attached to an aromatic ring is 1. The van der Waals surface area contributed by atoms with Gasteiger partial charge in [0.2, 0.25) is 0 Å². The van der Waals surface area contributed by atoms with Gasteiger partial charge in [0.25, 0.3) is 0 Å². The zero-order valence-corrected chi connectivity index (χ0v) is 9.11. The molecule has 3 nitrogen and oxygen atoms in total. The van der Waals surface area contributed by atoms with Crippen LogP contribution >= 0.6 is 15.9 Å². The Morgan fingerprint density at radius 1 is 1.29 bits per heavy atom. The number of hydrogen-bond acceptors (Lipinski definition) is 2. The molecule has 0 bridgehead atoms. The minimum absolute atomic E-state index is 0.558. The van der Waals surface area contributed by atoms with Crippen LogP contribution in [-0.2, 0) is 6.54 Å². The van der Waals surface area contributed by atoms with Gasteiger partial charge in [0, 0.05) is 17.2 Å². The summed E-state index contributed by atoms with van der Waals surface area (Å²) in [5, 5.41) is 0. The SMILES string of the molecule is Nc1cn(Cc2ccc(Br)cc2)cn1. The first-order valence-corrected chi connectivity index (χ1v) is 5.05. The van der Waals surface area contributed by atoms with Gasteiger partial charge in [0.05, 0.1) is 6.33 Å². The predicted molar refractivity (Wildman–Crippen MR) is 59.9 cm³/mol. The molecular weight excluding hydrogens is 242 g/mol. The molecule has 0 aliphatic heterocycles. The van der Waals surface area contributed by atoms with Crippen molar-refractivity contribution in [2.75, 3.05) is 5.73 Å². The molecule has 1 heterocycles. The third-order valence-corrected chi connectivity index (χ3v) is 2.46. The number of nitrogens with zero attached hydrogens (tertiary/aromatic N) is 2. The van der Waals surface area contributed by atoms with Crippen LogP contribution in [0.2, 0.25) is 0 Å². The topological polar surface area (TPSA) is 43.8 Å². The molecule has 0 aliphatic rings. The number of anilines is 1. The Morgan fingerprint density at radius 2 is 2.00 bits per heavy atom. The molecule has 2 rings (SSSR count). The van der Waals surface area contributed by atoms with E-state index in [0.29, 0.717) is 5.82 Å². The molecule has 0 amide bonds. The van der Waals surface area contributed by atoms with E-state index in [9.17, 15) is 0 Å². The van der Waals surface area contributed by atoms with Crippen LogP contribution in [0.25, 0.3) is 0 Å². The lowest BCUT2D eigenvalue weighted by atomic mass is 10.2. The van der Waals surface area contributed by atoms with Crippen LogP contribution < -0.4 is 5.73 Å². The largest absolute Gasteiger partial charge is 0.382 e. The van der Waals surface area contributed by atoms with Crippen molar-refractivity contribution < 1.29 is 0 Å². The summed E-state index contributed by atoms with van der Waals surface area (Å²) in [5.41, 5.74) is 6.74. The highest BCUT2D eigenvalue weighted by atomic mass is 79.9. The summed E-state index contributed by atoms with van der Waals surface area (Å²) in [6.45, 7) is 0.803. The standard InChI is InChI=1S/C10H10BrN3/c11-9-3-1-8(2-4-9)5-14-6-10(12)13-7-14/h1-4,6-7H,5,12H2. The van der Waals surface area contributed by atoms with Gasteiger partial charge in [-0.05, 0) is 17.7 Å². The summed E-state index contributed by atoms with van der Waals surface area (Å²) in [5.74, 6) is 0.558. The molecule has 2 aromatic rings. The molecule has 2 N–H and O–H groups in total. The molecule has 14 heavy (non-hydrogen) atoms. The molecule has 0 unspecified atom stereocenters. The molecule has 4 heteroatoms. The average Bonchev–Trinajstić information content (AvgIpc) is 2.56. The minimum atomic E-state index is 0.558. The fraction of sp³-hybridized carbons (Fsp3) is 0.100. The van der Waals surface area contributed by atoms with Crippen LogP contribution in [0.3, 0.4) is 0 Å². The molecule has 0 saturated heterocycles. The maximum Gasteiger partial charge on any atom is 0.141 e. The van der Waals surface area contributed by atoms with E-state index < -0.39 is 0 Å². The normalized spacial score (nSPS) is 10.4. The summed E-state index contributed by atoms with van der Waals surface area (Å²) in [6.07, 6.45) is 3.55. The van der Waals surface area contributed by atoms with E-state index in [0.717, 1.165) is 11.0 Å². The van der Waals surface area contributed by atoms with Gasteiger partial charge in [-0.25, -0.2) is 4.98 Å². The minimum Gasteiger partial charge on any atom is -0.382 e. The lowest BCUT2D eigenvalue weighted by Gasteiger charge is -2.01. The summed E-state index contributed by atoms with van der Waals surface area (Å²) in [6, 6.07) is 8.19. The summed E-state index contributed by atoms with van der Waals surface area (Å²) in [7, 11) is 0. The molecule has 1 aromatic heterocycles. The first-order valence-electron chi connectivity index (χ1n) is 4.26. The van der Waals surface area contributed by atoms with Crippen molar-refractivity contribution in [3.63, 3.8) is 0 Å². The van der Waals surface area contributed by atoms with Crippen LogP contribution in [0.5, 0.6) is 0 Å². The third-order valence-electron chi connectivity index (χ3n) is 1.93. The smallest absolute Gasteiger partial charge is 0.141 e. The summed E-state index contributed by atoms with van der Waals surface area (Å²) < 4.78 is 3.05. The Bertz CT molecular complexity index is 419. The number of hydrogen-bond donors (Lipinski definition) is 1. The molecule has 0 radical (unpaired) electrons. The quantitative estimate of drug-likeness (QED) is 0.890. The van der Waals surface area contributed by atoms with Gasteiger partial charge in [-0.2, -0.15) is 0 Å². The molecule has 0 atom stereocenters. The van der Waals surface area contributed by atoms with Crippen molar-refractivity contribution >= 4 is 21.7 Å². The second kappa shape index (κ2) is 3.84. The van der Waals surface area contributed by atoms with E-state index in [1.807, 2.05) is 22.9 Å². The first-order chi connectivity index (χ1) is 6.74. The zero-order valence-electron chi connectivity index (χ0n) is 7.52. The number of nitrogens with two attached hydrogens (primary N) is 1. The predicted octanol–water partition coefficient (Wildman–Crippen LogP) is 2.28. The van der Waals surface area contributed by atoms with E-state index in [4.69, 9.17) is 5.73 Å². The maximum absolute atomic E-state index is 5.52. The van der Waals surface area contributed by atoms with Crippen molar-refractivity contribution in [3.8, 4) is 0 Å². The first kappa shape index (κ1) is 9.27. The number of halogens is 1. The molecule has 0 aliphatic carbocycles. The van der Waals surface area contributed by atoms with Crippen molar-refractivity contribution in [3.05, 3.63) is 46.8 Å². The second-order valence-corrected chi connectivity index (χ2v) is 4.01. The number of aromatic nitrogens is 2. The van der Waals surface area contributed by atoms with E-state index in [1.54, 1.807) is 6.33 Å². The zero-order chi connectivity index (χ0) is 9.97. The fourth-order valence-corrected chi connectivity index (χ4v) is 1.53. The van der Waals surface area contributed by atoms with Gasteiger partial charge >= 0.3 is 0 Å². The summed E-state index contributed by atoms with van der Waals surface area (Å²) in [4.78, 5) is 3.96.